The van der Waals surface area contributed by atoms with Crippen LogP contribution in [0.5, 0.6) is 0 Å². The van der Waals surface area contributed by atoms with Crippen LogP contribution in [0.2, 0.25) is 0 Å². The lowest BCUT2D eigenvalue weighted by Crippen LogP contribution is -2.23. The van der Waals surface area contributed by atoms with Crippen LogP contribution in [0, 0.1) is 13.8 Å². The zero-order valence-electron chi connectivity index (χ0n) is 15.2. The second kappa shape index (κ2) is 7.39. The zero-order valence-corrected chi connectivity index (χ0v) is 15.2. The average Bonchev–Trinajstić information content (AvgIpc) is 2.97. The molecule has 6 nitrogen and oxygen atoms in total. The van der Waals surface area contributed by atoms with Gasteiger partial charge in [0.05, 0.1) is 17.4 Å². The van der Waals surface area contributed by atoms with Crippen molar-refractivity contribution in [2.75, 3.05) is 11.9 Å². The van der Waals surface area contributed by atoms with Crippen molar-refractivity contribution in [3.05, 3.63) is 59.4 Å². The van der Waals surface area contributed by atoms with E-state index in [-0.39, 0.29) is 18.4 Å². The fourth-order valence-electron chi connectivity index (χ4n) is 2.80. The Morgan fingerprint density at radius 1 is 1.12 bits per heavy atom. The van der Waals surface area contributed by atoms with E-state index in [0.29, 0.717) is 17.8 Å². The van der Waals surface area contributed by atoms with E-state index in [0.717, 1.165) is 16.6 Å². The van der Waals surface area contributed by atoms with E-state index in [1.807, 2.05) is 37.5 Å². The topological polar surface area (TPSA) is 76.0 Å². The molecule has 0 unspecified atom stereocenters. The van der Waals surface area contributed by atoms with Crippen LogP contribution in [-0.4, -0.2) is 27.9 Å². The number of anilines is 1. The molecule has 0 spiro atoms. The zero-order chi connectivity index (χ0) is 18.7. The van der Waals surface area contributed by atoms with Crippen molar-refractivity contribution in [3.8, 4) is 0 Å². The van der Waals surface area contributed by atoms with Crippen molar-refractivity contribution >= 4 is 28.5 Å². The molecule has 0 atom stereocenters. The number of carbonyl (C=O) groups excluding carboxylic acids is 2. The Kier molecular flexibility index (Phi) is 5.02. The predicted octanol–water partition coefficient (Wildman–Crippen LogP) is 3.04. The van der Waals surface area contributed by atoms with E-state index in [2.05, 4.69) is 15.6 Å². The molecular weight excluding hydrogens is 328 g/mol. The first-order valence-electron chi connectivity index (χ1n) is 8.58. The summed E-state index contributed by atoms with van der Waals surface area (Å²) in [7, 11) is 0. The van der Waals surface area contributed by atoms with Crippen molar-refractivity contribution < 1.29 is 9.59 Å². The van der Waals surface area contributed by atoms with Gasteiger partial charge in [-0.2, -0.15) is 0 Å². The second-order valence-electron chi connectivity index (χ2n) is 6.29. The SMILES string of the molecule is CCNC(=O)c1cccc(NC(=O)Cn2cnc3cc(C)c(C)cc32)c1. The van der Waals surface area contributed by atoms with Crippen molar-refractivity contribution in [2.45, 2.75) is 27.3 Å². The number of nitrogens with one attached hydrogen (secondary N) is 2. The summed E-state index contributed by atoms with van der Waals surface area (Å²) in [6.07, 6.45) is 1.67. The van der Waals surface area contributed by atoms with Gasteiger partial charge in [0.2, 0.25) is 5.91 Å². The standard InChI is InChI=1S/C20H22N4O2/c1-4-21-20(26)15-6-5-7-16(10-15)23-19(25)11-24-12-22-17-8-13(2)14(3)9-18(17)24/h5-10,12H,4,11H2,1-3H3,(H,21,26)(H,23,25). The van der Waals surface area contributed by atoms with Crippen LogP contribution >= 0.6 is 0 Å². The van der Waals surface area contributed by atoms with Gasteiger partial charge in [-0.05, 0) is 62.2 Å². The number of hydrogen-bond donors (Lipinski definition) is 2. The minimum atomic E-state index is -0.171. The van der Waals surface area contributed by atoms with E-state index in [1.165, 1.54) is 5.56 Å². The predicted molar refractivity (Wildman–Crippen MR) is 102 cm³/mol. The number of hydrogen-bond acceptors (Lipinski definition) is 3. The number of aromatic nitrogens is 2. The highest BCUT2D eigenvalue weighted by Crippen LogP contribution is 2.18. The Balaban J connectivity index is 1.74. The van der Waals surface area contributed by atoms with Crippen LogP contribution in [0.25, 0.3) is 11.0 Å². The fraction of sp³-hybridized carbons (Fsp3) is 0.250. The molecule has 3 rings (SSSR count). The molecule has 6 heteroatoms. The molecule has 0 aliphatic rings. The Labute approximate surface area is 152 Å². The molecule has 1 aromatic heterocycles. The number of carbonyl (C=O) groups is 2. The molecule has 0 saturated carbocycles. The maximum Gasteiger partial charge on any atom is 0.251 e. The number of aryl methyl sites for hydroxylation is 2. The molecule has 2 amide bonds. The van der Waals surface area contributed by atoms with Gasteiger partial charge in [0.25, 0.3) is 5.91 Å². The van der Waals surface area contributed by atoms with Crippen molar-refractivity contribution in [2.24, 2.45) is 0 Å². The maximum atomic E-state index is 12.4. The van der Waals surface area contributed by atoms with Crippen LogP contribution in [-0.2, 0) is 11.3 Å². The normalized spacial score (nSPS) is 10.7. The van der Waals surface area contributed by atoms with E-state index in [9.17, 15) is 9.59 Å². The summed E-state index contributed by atoms with van der Waals surface area (Å²) in [5.41, 5.74) is 5.25. The summed E-state index contributed by atoms with van der Waals surface area (Å²) in [5, 5.41) is 5.59. The second-order valence-corrected chi connectivity index (χ2v) is 6.29. The van der Waals surface area contributed by atoms with Gasteiger partial charge in [-0.3, -0.25) is 9.59 Å². The maximum absolute atomic E-state index is 12.4. The van der Waals surface area contributed by atoms with Gasteiger partial charge in [0.1, 0.15) is 6.54 Å². The van der Waals surface area contributed by atoms with Gasteiger partial charge < -0.3 is 15.2 Å². The first kappa shape index (κ1) is 17.7. The number of nitrogens with zero attached hydrogens (tertiary/aromatic N) is 2. The molecule has 2 aromatic carbocycles. The van der Waals surface area contributed by atoms with Crippen molar-refractivity contribution in [1.82, 2.24) is 14.9 Å². The highest BCUT2D eigenvalue weighted by Gasteiger charge is 2.10. The van der Waals surface area contributed by atoms with Gasteiger partial charge in [-0.15, -0.1) is 0 Å². The van der Waals surface area contributed by atoms with Crippen LogP contribution in [0.15, 0.2) is 42.7 Å². The van der Waals surface area contributed by atoms with Gasteiger partial charge in [-0.1, -0.05) is 6.07 Å². The average molecular weight is 350 g/mol. The number of rotatable bonds is 5. The first-order valence-corrected chi connectivity index (χ1v) is 8.58. The lowest BCUT2D eigenvalue weighted by molar-refractivity contribution is -0.116. The van der Waals surface area contributed by atoms with E-state index in [4.69, 9.17) is 0 Å². The molecule has 1 heterocycles. The summed E-state index contributed by atoms with van der Waals surface area (Å²) in [6.45, 7) is 6.66. The Bertz CT molecular complexity index is 975. The first-order chi connectivity index (χ1) is 12.5. The molecule has 0 fully saturated rings. The van der Waals surface area contributed by atoms with Gasteiger partial charge in [0.15, 0.2) is 0 Å². The van der Waals surface area contributed by atoms with Gasteiger partial charge >= 0.3 is 0 Å². The largest absolute Gasteiger partial charge is 0.352 e. The highest BCUT2D eigenvalue weighted by atomic mass is 16.2. The van der Waals surface area contributed by atoms with Crippen LogP contribution in [0.3, 0.4) is 0 Å². The summed E-state index contributed by atoms with van der Waals surface area (Å²) >= 11 is 0. The monoisotopic (exact) mass is 350 g/mol. The number of fused-ring (bicyclic) bond motifs is 1. The number of benzene rings is 2. The summed E-state index contributed by atoms with van der Waals surface area (Å²) in [5.74, 6) is -0.328. The Hall–Kier alpha value is -3.15. The molecule has 0 aliphatic heterocycles. The van der Waals surface area contributed by atoms with Gasteiger partial charge in [-0.25, -0.2) is 4.98 Å². The van der Waals surface area contributed by atoms with E-state index in [1.54, 1.807) is 30.6 Å². The Morgan fingerprint density at radius 3 is 2.65 bits per heavy atom. The van der Waals surface area contributed by atoms with Crippen LogP contribution < -0.4 is 10.6 Å². The molecule has 0 aliphatic carbocycles. The molecule has 26 heavy (non-hydrogen) atoms. The molecule has 3 aromatic rings. The summed E-state index contributed by atoms with van der Waals surface area (Å²) in [4.78, 5) is 28.7. The molecule has 0 saturated heterocycles. The van der Waals surface area contributed by atoms with Gasteiger partial charge in [0, 0.05) is 17.8 Å². The number of amides is 2. The smallest absolute Gasteiger partial charge is 0.251 e. The van der Waals surface area contributed by atoms with Crippen molar-refractivity contribution in [3.63, 3.8) is 0 Å². The Morgan fingerprint density at radius 2 is 1.88 bits per heavy atom. The fourth-order valence-corrected chi connectivity index (χ4v) is 2.80. The quantitative estimate of drug-likeness (QED) is 0.742. The molecular formula is C20H22N4O2. The molecule has 134 valence electrons. The molecule has 0 bridgehead atoms. The van der Waals surface area contributed by atoms with Crippen LogP contribution in [0.1, 0.15) is 28.4 Å². The lowest BCUT2D eigenvalue weighted by atomic mass is 10.1. The molecule has 0 radical (unpaired) electrons. The van der Waals surface area contributed by atoms with E-state index < -0.39 is 0 Å². The summed E-state index contributed by atoms with van der Waals surface area (Å²) in [6, 6.07) is 11.0. The van der Waals surface area contributed by atoms with E-state index >= 15 is 0 Å². The minimum absolute atomic E-state index is 0.157. The third-order valence-corrected chi connectivity index (χ3v) is 4.30. The minimum Gasteiger partial charge on any atom is -0.352 e. The number of imidazole rings is 1. The third-order valence-electron chi connectivity index (χ3n) is 4.30. The third kappa shape index (κ3) is 3.74. The molecule has 2 N–H and O–H groups in total. The van der Waals surface area contributed by atoms with Crippen molar-refractivity contribution in [1.29, 1.82) is 0 Å². The lowest BCUT2D eigenvalue weighted by Gasteiger charge is -2.09. The highest BCUT2D eigenvalue weighted by molar-refractivity contribution is 5.97. The van der Waals surface area contributed by atoms with Crippen LogP contribution in [0.4, 0.5) is 5.69 Å². The summed E-state index contributed by atoms with van der Waals surface area (Å²) < 4.78 is 1.82.